The van der Waals surface area contributed by atoms with Gasteiger partial charge in [0.15, 0.2) is 0 Å². The van der Waals surface area contributed by atoms with Crippen LogP contribution in [0.2, 0.25) is 0 Å². The lowest BCUT2D eigenvalue weighted by Crippen LogP contribution is -2.19. The summed E-state index contributed by atoms with van der Waals surface area (Å²) < 4.78 is 13.0. The van der Waals surface area contributed by atoms with E-state index in [4.69, 9.17) is 8.83 Å². The molecule has 0 radical (unpaired) electrons. The highest BCUT2D eigenvalue weighted by atomic mass is 16.3. The zero-order chi connectivity index (χ0) is 35.3. The molecule has 2 aliphatic rings. The molecule has 8 aromatic carbocycles. The van der Waals surface area contributed by atoms with Gasteiger partial charge in [0.25, 0.3) is 0 Å². The lowest BCUT2D eigenvalue weighted by molar-refractivity contribution is 0.667. The number of furan rings is 2. The third-order valence-electron chi connectivity index (χ3n) is 11.9. The lowest BCUT2D eigenvalue weighted by Gasteiger charge is -2.33. The summed E-state index contributed by atoms with van der Waals surface area (Å²) in [6.07, 6.45) is 13.9. The molecule has 10 aromatic rings. The molecule has 2 heterocycles. The first-order valence-corrected chi connectivity index (χ1v) is 18.8. The van der Waals surface area contributed by atoms with Crippen LogP contribution in [0.4, 0.5) is 0 Å². The van der Waals surface area contributed by atoms with E-state index in [1.54, 1.807) is 0 Å². The molecule has 0 saturated carbocycles. The van der Waals surface area contributed by atoms with E-state index in [1.165, 1.54) is 54.9 Å². The Morgan fingerprint density at radius 1 is 0.352 bits per heavy atom. The molecule has 0 N–H and O–H groups in total. The van der Waals surface area contributed by atoms with Crippen molar-refractivity contribution in [1.29, 1.82) is 0 Å². The van der Waals surface area contributed by atoms with Crippen LogP contribution in [-0.2, 0) is 0 Å². The van der Waals surface area contributed by atoms with Crippen LogP contribution in [0.25, 0.3) is 98.5 Å². The maximum atomic E-state index is 6.68. The predicted octanol–water partition coefficient (Wildman–Crippen LogP) is 14.5. The second kappa shape index (κ2) is 11.3. The van der Waals surface area contributed by atoms with Gasteiger partial charge in [0.05, 0.1) is 0 Å². The highest BCUT2D eigenvalue weighted by Crippen LogP contribution is 2.50. The second-order valence-electron chi connectivity index (χ2n) is 14.7. The van der Waals surface area contributed by atoms with Gasteiger partial charge in [0.2, 0.25) is 0 Å². The smallest absolute Gasteiger partial charge is 0.143 e. The van der Waals surface area contributed by atoms with Gasteiger partial charge in [-0.2, -0.15) is 0 Å². The molecule has 2 atom stereocenters. The van der Waals surface area contributed by atoms with Crippen LogP contribution in [-0.4, -0.2) is 0 Å². The molecule has 2 aliphatic carbocycles. The Labute approximate surface area is 311 Å². The van der Waals surface area contributed by atoms with E-state index in [9.17, 15) is 0 Å². The summed E-state index contributed by atoms with van der Waals surface area (Å²) >= 11 is 0. The number of rotatable bonds is 3. The number of para-hydroxylation sites is 1. The molecular formula is C52H32O2. The van der Waals surface area contributed by atoms with E-state index in [2.05, 4.69) is 170 Å². The van der Waals surface area contributed by atoms with E-state index in [0.717, 1.165) is 54.6 Å². The van der Waals surface area contributed by atoms with Crippen molar-refractivity contribution in [2.45, 2.75) is 0 Å². The second-order valence-corrected chi connectivity index (χ2v) is 14.7. The highest BCUT2D eigenvalue weighted by molar-refractivity contribution is 6.22. The SMILES string of the molecule is C1=CC2C(c3ccccc3)=CC=C(c3c4ccccc4c(-c4ccc5oc6c7cc8oc9ccccc9c8cc7ccc6c5c4)c4ccccc34)C2C=C1. The van der Waals surface area contributed by atoms with Crippen molar-refractivity contribution in [3.63, 3.8) is 0 Å². The minimum Gasteiger partial charge on any atom is -0.456 e. The molecule has 252 valence electrons. The fourth-order valence-corrected chi connectivity index (χ4v) is 9.46. The molecule has 2 heteroatoms. The van der Waals surface area contributed by atoms with Crippen molar-refractivity contribution in [2.75, 3.05) is 0 Å². The fraction of sp³-hybridized carbons (Fsp3) is 0.0385. The summed E-state index contributed by atoms with van der Waals surface area (Å²) in [5.74, 6) is 0.502. The topological polar surface area (TPSA) is 26.3 Å². The number of hydrogen-bond acceptors (Lipinski definition) is 2. The van der Waals surface area contributed by atoms with Crippen LogP contribution in [0.1, 0.15) is 11.1 Å². The summed E-state index contributed by atoms with van der Waals surface area (Å²) in [6.45, 7) is 0. The molecule has 54 heavy (non-hydrogen) atoms. The highest BCUT2D eigenvalue weighted by Gasteiger charge is 2.32. The Balaban J connectivity index is 1.08. The van der Waals surface area contributed by atoms with Crippen LogP contribution >= 0.6 is 0 Å². The van der Waals surface area contributed by atoms with Gasteiger partial charge in [-0.25, -0.2) is 0 Å². The van der Waals surface area contributed by atoms with Gasteiger partial charge in [-0.3, -0.25) is 0 Å². The van der Waals surface area contributed by atoms with Crippen LogP contribution in [0.5, 0.6) is 0 Å². The number of fused-ring (bicyclic) bond motifs is 11. The van der Waals surface area contributed by atoms with Crippen molar-refractivity contribution in [1.82, 2.24) is 0 Å². The quantitative estimate of drug-likeness (QED) is 0.173. The van der Waals surface area contributed by atoms with Crippen LogP contribution < -0.4 is 0 Å². The Bertz CT molecular complexity index is 3270. The van der Waals surface area contributed by atoms with Gasteiger partial charge < -0.3 is 8.83 Å². The van der Waals surface area contributed by atoms with E-state index >= 15 is 0 Å². The summed E-state index contributed by atoms with van der Waals surface area (Å²) in [5.41, 5.74) is 11.3. The van der Waals surface area contributed by atoms with Gasteiger partial charge in [0.1, 0.15) is 22.3 Å². The Morgan fingerprint density at radius 3 is 1.72 bits per heavy atom. The van der Waals surface area contributed by atoms with Crippen molar-refractivity contribution in [3.05, 3.63) is 193 Å². The normalized spacial score (nSPS) is 17.0. The summed E-state index contributed by atoms with van der Waals surface area (Å²) in [5, 5.41) is 11.7. The zero-order valence-corrected chi connectivity index (χ0v) is 29.3. The van der Waals surface area contributed by atoms with Crippen LogP contribution in [0.15, 0.2) is 191 Å². The van der Waals surface area contributed by atoms with Crippen molar-refractivity contribution >= 4 is 87.3 Å². The molecular weight excluding hydrogens is 657 g/mol. The molecule has 2 unspecified atom stereocenters. The molecule has 0 aliphatic heterocycles. The van der Waals surface area contributed by atoms with Crippen LogP contribution in [0, 0.1) is 11.8 Å². The van der Waals surface area contributed by atoms with Crippen LogP contribution in [0.3, 0.4) is 0 Å². The minimum atomic E-state index is 0.233. The third-order valence-corrected chi connectivity index (χ3v) is 11.9. The Morgan fingerprint density at radius 2 is 0.963 bits per heavy atom. The molecule has 0 amide bonds. The van der Waals surface area contributed by atoms with Crippen molar-refractivity contribution in [2.24, 2.45) is 11.8 Å². The van der Waals surface area contributed by atoms with Gasteiger partial charge in [-0.05, 0) is 96.7 Å². The third kappa shape index (κ3) is 4.22. The zero-order valence-electron chi connectivity index (χ0n) is 29.3. The van der Waals surface area contributed by atoms with Gasteiger partial charge in [-0.1, -0.05) is 146 Å². The van der Waals surface area contributed by atoms with E-state index in [0.29, 0.717) is 0 Å². The number of benzene rings is 8. The predicted molar refractivity (Wildman–Crippen MR) is 227 cm³/mol. The maximum absolute atomic E-state index is 6.68. The van der Waals surface area contributed by atoms with Gasteiger partial charge in [-0.15, -0.1) is 0 Å². The summed E-state index contributed by atoms with van der Waals surface area (Å²) in [6, 6.07) is 52.6. The van der Waals surface area contributed by atoms with E-state index in [1.807, 2.05) is 12.1 Å². The molecule has 2 nitrogen and oxygen atoms in total. The molecule has 0 spiro atoms. The lowest BCUT2D eigenvalue weighted by atomic mass is 9.70. The van der Waals surface area contributed by atoms with Gasteiger partial charge in [0, 0.05) is 38.8 Å². The molecule has 0 saturated heterocycles. The maximum Gasteiger partial charge on any atom is 0.143 e. The monoisotopic (exact) mass is 688 g/mol. The Hall–Kier alpha value is -6.90. The number of hydrogen-bond donors (Lipinski definition) is 0. The van der Waals surface area contributed by atoms with Crippen molar-refractivity contribution < 1.29 is 8.83 Å². The minimum absolute atomic E-state index is 0.233. The average Bonchev–Trinajstić information content (AvgIpc) is 3.80. The first kappa shape index (κ1) is 29.7. The van der Waals surface area contributed by atoms with Crippen molar-refractivity contribution in [3.8, 4) is 11.1 Å². The number of allylic oxidation sites excluding steroid dienone is 8. The van der Waals surface area contributed by atoms with Gasteiger partial charge >= 0.3 is 0 Å². The van der Waals surface area contributed by atoms with E-state index < -0.39 is 0 Å². The molecule has 12 rings (SSSR count). The molecule has 0 bridgehead atoms. The molecule has 2 aromatic heterocycles. The summed E-state index contributed by atoms with van der Waals surface area (Å²) in [4.78, 5) is 0. The fourth-order valence-electron chi connectivity index (χ4n) is 9.46. The standard InChI is InChI=1S/C52H32O2/c1-2-12-31(13-3-1)34-25-26-42(36-15-5-4-14-35(34)36)51-40-19-8-6-17-38(40)50(39-18-7-9-20-41(39)51)33-23-27-48-46(29-33)43-24-22-32-28-45-37-16-10-11-21-47(37)53-49(45)30-44(32)52(43)54-48/h1-30,35-36H. The average molecular weight is 689 g/mol. The first-order chi connectivity index (χ1) is 26.8. The summed E-state index contributed by atoms with van der Waals surface area (Å²) in [7, 11) is 0. The largest absolute Gasteiger partial charge is 0.456 e. The molecule has 0 fully saturated rings. The first-order valence-electron chi connectivity index (χ1n) is 18.8. The van der Waals surface area contributed by atoms with E-state index in [-0.39, 0.29) is 11.8 Å². The Kier molecular flexibility index (Phi) is 6.20.